The van der Waals surface area contributed by atoms with Gasteiger partial charge in [-0.2, -0.15) is 9.97 Å². The molecule has 0 bridgehead atoms. The first-order valence-electron chi connectivity index (χ1n) is 13.9. The van der Waals surface area contributed by atoms with Crippen LogP contribution in [-0.2, 0) is 37.4 Å². The molecular formula is C27H37N6O10P. The SMILES string of the molecule is CCOC(=O)COP(=O)(NC(C(=O)OCC)c1ccccc1)OC[C@H]1O[C@@H](n2cnc3c(OC)nc(N)nc32)C(C)(C)[C@@H]1O. The maximum Gasteiger partial charge on any atom is 0.407 e. The van der Waals surface area contributed by atoms with Gasteiger partial charge in [-0.25, -0.2) is 24.2 Å². The van der Waals surface area contributed by atoms with Crippen molar-refractivity contribution in [3.8, 4) is 5.88 Å². The van der Waals surface area contributed by atoms with Crippen molar-refractivity contribution < 1.29 is 47.3 Å². The summed E-state index contributed by atoms with van der Waals surface area (Å²) in [6.07, 6.45) is -1.57. The fraction of sp³-hybridized carbons (Fsp3) is 0.519. The van der Waals surface area contributed by atoms with Crippen LogP contribution in [0.4, 0.5) is 5.95 Å². The lowest BCUT2D eigenvalue weighted by atomic mass is 9.84. The van der Waals surface area contributed by atoms with Crippen molar-refractivity contribution in [2.45, 2.75) is 52.2 Å². The minimum absolute atomic E-state index is 0.0485. The Labute approximate surface area is 253 Å². The zero-order chi connectivity index (χ0) is 32.1. The summed E-state index contributed by atoms with van der Waals surface area (Å²) in [4.78, 5) is 37.6. The first-order chi connectivity index (χ1) is 20.9. The van der Waals surface area contributed by atoms with E-state index < -0.39 is 62.8 Å². The van der Waals surface area contributed by atoms with Crippen molar-refractivity contribution in [2.24, 2.45) is 5.41 Å². The van der Waals surface area contributed by atoms with Gasteiger partial charge in [0.2, 0.25) is 11.8 Å². The number of nitrogens with zero attached hydrogens (tertiary/aromatic N) is 4. The number of nitrogens with two attached hydrogens (primary N) is 1. The van der Waals surface area contributed by atoms with E-state index in [9.17, 15) is 19.3 Å². The van der Waals surface area contributed by atoms with E-state index in [1.165, 1.54) is 13.4 Å². The van der Waals surface area contributed by atoms with Crippen molar-refractivity contribution in [2.75, 3.05) is 39.3 Å². The van der Waals surface area contributed by atoms with E-state index in [0.717, 1.165) is 0 Å². The Bertz CT molecular complexity index is 1500. The van der Waals surface area contributed by atoms with E-state index in [1.54, 1.807) is 62.6 Å². The zero-order valence-electron chi connectivity index (χ0n) is 25.0. The van der Waals surface area contributed by atoms with Crippen molar-refractivity contribution in [1.82, 2.24) is 24.6 Å². The minimum atomic E-state index is -4.47. The van der Waals surface area contributed by atoms with E-state index >= 15 is 0 Å². The Morgan fingerprint density at radius 1 is 1.16 bits per heavy atom. The normalized spacial score (nSPS) is 21.5. The minimum Gasteiger partial charge on any atom is -0.479 e. The number of imidazole rings is 1. The van der Waals surface area contributed by atoms with Gasteiger partial charge in [-0.15, -0.1) is 0 Å². The Morgan fingerprint density at radius 3 is 2.52 bits per heavy atom. The molecule has 16 nitrogen and oxygen atoms in total. The molecule has 0 amide bonds. The van der Waals surface area contributed by atoms with Crippen LogP contribution in [0.1, 0.15) is 45.5 Å². The number of nitrogen functional groups attached to an aromatic ring is 1. The molecule has 1 aromatic carbocycles. The number of anilines is 1. The number of carbonyl (C=O) groups is 2. The molecule has 0 spiro atoms. The zero-order valence-corrected chi connectivity index (χ0v) is 25.9. The van der Waals surface area contributed by atoms with Gasteiger partial charge in [0.25, 0.3) is 0 Å². The number of ether oxygens (including phenoxy) is 4. The Kier molecular flexibility index (Phi) is 10.6. The van der Waals surface area contributed by atoms with Crippen LogP contribution >= 0.6 is 7.75 Å². The summed E-state index contributed by atoms with van der Waals surface area (Å²) in [5, 5.41) is 13.9. The van der Waals surface area contributed by atoms with Gasteiger partial charge in [0, 0.05) is 5.41 Å². The third-order valence-corrected chi connectivity index (χ3v) is 8.45. The number of aliphatic hydroxyl groups is 1. The molecular weight excluding hydrogens is 599 g/mol. The Balaban J connectivity index is 1.59. The standard InChI is InChI=1S/C27H37N6O10P/c1-6-39-18(34)14-42-44(37,32-19(24(36)40-7-2)16-11-9-8-10-12-16)41-13-17-21(35)27(3,4)25(43-17)33-15-29-20-22(33)30-26(28)31-23(20)38-5/h8-12,15,17,19,21,25,35H,6-7,13-14H2,1-5H3,(H,32,37)(H2,28,30,31)/t17-,19?,21-,25-,44?/m1/s1. The van der Waals surface area contributed by atoms with Crippen molar-refractivity contribution in [3.63, 3.8) is 0 Å². The van der Waals surface area contributed by atoms with Crippen molar-refractivity contribution in [3.05, 3.63) is 42.2 Å². The predicted molar refractivity (Wildman–Crippen MR) is 155 cm³/mol. The molecule has 3 aromatic rings. The lowest BCUT2D eigenvalue weighted by Gasteiger charge is -2.29. The van der Waals surface area contributed by atoms with Crippen LogP contribution in [0.25, 0.3) is 11.2 Å². The van der Waals surface area contributed by atoms with Crippen molar-refractivity contribution in [1.29, 1.82) is 0 Å². The number of esters is 2. The second-order valence-electron chi connectivity index (χ2n) is 10.3. The number of aliphatic hydroxyl groups excluding tert-OH is 1. The van der Waals surface area contributed by atoms with Gasteiger partial charge in [0.15, 0.2) is 17.8 Å². The molecule has 0 radical (unpaired) electrons. The topological polar surface area (TPSA) is 208 Å². The summed E-state index contributed by atoms with van der Waals surface area (Å²) in [5.41, 5.74) is 5.98. The number of rotatable bonds is 14. The van der Waals surface area contributed by atoms with E-state index in [2.05, 4.69) is 20.0 Å². The summed E-state index contributed by atoms with van der Waals surface area (Å²) >= 11 is 0. The molecule has 17 heteroatoms. The van der Waals surface area contributed by atoms with Gasteiger partial charge >= 0.3 is 19.7 Å². The van der Waals surface area contributed by atoms with Crippen LogP contribution in [0.3, 0.4) is 0 Å². The number of benzene rings is 1. The summed E-state index contributed by atoms with van der Waals surface area (Å²) in [5.74, 6) is -1.42. The molecule has 0 aliphatic carbocycles. The number of carbonyl (C=O) groups excluding carboxylic acids is 2. The number of methoxy groups -OCH3 is 1. The molecule has 5 atom stereocenters. The highest BCUT2D eigenvalue weighted by molar-refractivity contribution is 7.51. The van der Waals surface area contributed by atoms with E-state index in [0.29, 0.717) is 16.7 Å². The molecule has 1 aliphatic heterocycles. The number of fused-ring (bicyclic) bond motifs is 1. The predicted octanol–water partition coefficient (Wildman–Crippen LogP) is 2.30. The molecule has 2 unspecified atom stereocenters. The van der Waals surface area contributed by atoms with Crippen LogP contribution in [0.2, 0.25) is 0 Å². The second kappa shape index (κ2) is 14.0. The van der Waals surface area contributed by atoms with E-state index in [1.807, 2.05) is 0 Å². The Hall–Kier alpha value is -3.66. The molecule has 3 heterocycles. The van der Waals surface area contributed by atoms with Gasteiger partial charge in [-0.1, -0.05) is 44.2 Å². The largest absolute Gasteiger partial charge is 0.479 e. The fourth-order valence-electron chi connectivity index (χ4n) is 4.73. The quantitative estimate of drug-likeness (QED) is 0.171. The monoisotopic (exact) mass is 636 g/mol. The van der Waals surface area contributed by atoms with Crippen LogP contribution in [0, 0.1) is 5.41 Å². The highest BCUT2D eigenvalue weighted by Crippen LogP contribution is 2.50. The van der Waals surface area contributed by atoms with Gasteiger partial charge < -0.3 is 29.8 Å². The fourth-order valence-corrected chi connectivity index (χ4v) is 6.14. The lowest BCUT2D eigenvalue weighted by Crippen LogP contribution is -2.37. The second-order valence-corrected chi connectivity index (χ2v) is 12.1. The average Bonchev–Trinajstić information content (AvgIpc) is 3.51. The molecule has 1 fully saturated rings. The average molecular weight is 637 g/mol. The van der Waals surface area contributed by atoms with Gasteiger partial charge in [0.1, 0.15) is 18.4 Å². The highest BCUT2D eigenvalue weighted by atomic mass is 31.2. The van der Waals surface area contributed by atoms with E-state index in [-0.39, 0.29) is 25.0 Å². The summed E-state index contributed by atoms with van der Waals surface area (Å²) in [7, 11) is -3.04. The molecule has 240 valence electrons. The van der Waals surface area contributed by atoms with Crippen LogP contribution < -0.4 is 15.6 Å². The molecule has 0 saturated carbocycles. The molecule has 2 aromatic heterocycles. The molecule has 1 aliphatic rings. The maximum absolute atomic E-state index is 14.1. The number of nitrogens with one attached hydrogen (secondary N) is 1. The first-order valence-corrected chi connectivity index (χ1v) is 15.4. The van der Waals surface area contributed by atoms with Gasteiger partial charge in [0.05, 0.1) is 39.4 Å². The summed E-state index contributed by atoms with van der Waals surface area (Å²) < 4.78 is 48.3. The third-order valence-electron chi connectivity index (χ3n) is 6.92. The van der Waals surface area contributed by atoms with Crippen LogP contribution in [0.15, 0.2) is 36.7 Å². The summed E-state index contributed by atoms with van der Waals surface area (Å²) in [6.45, 7) is 5.68. The highest BCUT2D eigenvalue weighted by Gasteiger charge is 2.52. The summed E-state index contributed by atoms with van der Waals surface area (Å²) in [6, 6.07) is 7.10. The van der Waals surface area contributed by atoms with Gasteiger partial charge in [-0.05, 0) is 19.4 Å². The number of hydrogen-bond donors (Lipinski definition) is 3. The van der Waals surface area contributed by atoms with E-state index in [4.69, 9.17) is 33.7 Å². The molecule has 4 rings (SSSR count). The maximum atomic E-state index is 14.1. The first kappa shape index (κ1) is 33.2. The smallest absolute Gasteiger partial charge is 0.407 e. The third kappa shape index (κ3) is 7.17. The van der Waals surface area contributed by atoms with Gasteiger partial charge in [-0.3, -0.25) is 13.6 Å². The lowest BCUT2D eigenvalue weighted by molar-refractivity contribution is -0.145. The van der Waals surface area contributed by atoms with Crippen molar-refractivity contribution >= 4 is 36.8 Å². The van der Waals surface area contributed by atoms with Crippen LogP contribution in [-0.4, -0.2) is 82.3 Å². The molecule has 1 saturated heterocycles. The van der Waals surface area contributed by atoms with Crippen LogP contribution in [0.5, 0.6) is 5.88 Å². The Morgan fingerprint density at radius 2 is 1.86 bits per heavy atom. The molecule has 44 heavy (non-hydrogen) atoms. The molecule has 4 N–H and O–H groups in total. The number of hydrogen-bond acceptors (Lipinski definition) is 14. The number of aromatic nitrogens is 4.